The molecule has 1 aromatic rings. The Morgan fingerprint density at radius 1 is 1.35 bits per heavy atom. The van der Waals surface area contributed by atoms with Crippen molar-refractivity contribution in [2.24, 2.45) is 11.7 Å². The molecule has 4 heteroatoms. The zero-order valence-corrected chi connectivity index (χ0v) is 10.00. The van der Waals surface area contributed by atoms with Crippen LogP contribution in [-0.2, 0) is 6.54 Å². The van der Waals surface area contributed by atoms with Crippen LogP contribution in [0.3, 0.4) is 0 Å². The van der Waals surface area contributed by atoms with E-state index in [2.05, 4.69) is 4.90 Å². The topological polar surface area (TPSA) is 29.3 Å². The van der Waals surface area contributed by atoms with Gasteiger partial charge in [-0.2, -0.15) is 0 Å². The summed E-state index contributed by atoms with van der Waals surface area (Å²) in [7, 11) is 1.95. The van der Waals surface area contributed by atoms with Crippen LogP contribution in [0.1, 0.15) is 18.4 Å². The van der Waals surface area contributed by atoms with E-state index in [0.29, 0.717) is 24.1 Å². The Kier molecular flexibility index (Phi) is 3.74. The first-order valence-electron chi connectivity index (χ1n) is 5.92. The monoisotopic (exact) mass is 240 g/mol. The average molecular weight is 240 g/mol. The fraction of sp³-hybridized carbons (Fsp3) is 0.538. The van der Waals surface area contributed by atoms with Crippen LogP contribution in [0.2, 0.25) is 0 Å². The summed E-state index contributed by atoms with van der Waals surface area (Å²) in [5, 5.41) is 0. The van der Waals surface area contributed by atoms with Crippen LogP contribution in [0, 0.1) is 17.6 Å². The number of halogens is 2. The van der Waals surface area contributed by atoms with Crippen molar-refractivity contribution in [1.82, 2.24) is 4.90 Å². The molecule has 0 radical (unpaired) electrons. The predicted molar refractivity (Wildman–Crippen MR) is 63.4 cm³/mol. The van der Waals surface area contributed by atoms with Gasteiger partial charge in [-0.15, -0.1) is 0 Å². The fourth-order valence-electron chi connectivity index (χ4n) is 2.38. The summed E-state index contributed by atoms with van der Waals surface area (Å²) < 4.78 is 26.2. The predicted octanol–water partition coefficient (Wildman–Crippen LogP) is 2.13. The molecule has 2 rings (SSSR count). The lowest BCUT2D eigenvalue weighted by atomic mass is 9.80. The van der Waals surface area contributed by atoms with E-state index in [1.54, 1.807) is 0 Å². The molecule has 1 aliphatic rings. The van der Waals surface area contributed by atoms with Crippen molar-refractivity contribution in [2.45, 2.75) is 25.4 Å². The molecular weight excluding hydrogens is 222 g/mol. The van der Waals surface area contributed by atoms with E-state index >= 15 is 0 Å². The van der Waals surface area contributed by atoms with Crippen molar-refractivity contribution in [3.05, 3.63) is 35.4 Å². The maximum absolute atomic E-state index is 13.4. The zero-order chi connectivity index (χ0) is 12.4. The summed E-state index contributed by atoms with van der Waals surface area (Å²) in [6.45, 7) is 1.43. The van der Waals surface area contributed by atoms with Gasteiger partial charge >= 0.3 is 0 Å². The zero-order valence-electron chi connectivity index (χ0n) is 10.00. The van der Waals surface area contributed by atoms with Crippen LogP contribution < -0.4 is 5.73 Å². The lowest BCUT2D eigenvalue weighted by Gasteiger charge is -2.35. The SMILES string of the molecule is CN(Cc1ccc(F)cc1F)CC1CC(N)C1. The summed E-state index contributed by atoms with van der Waals surface area (Å²) in [6, 6.07) is 4.08. The first kappa shape index (κ1) is 12.5. The van der Waals surface area contributed by atoms with Crippen LogP contribution in [0.4, 0.5) is 8.78 Å². The molecular formula is C13H18F2N2. The van der Waals surface area contributed by atoms with Crippen molar-refractivity contribution in [3.8, 4) is 0 Å². The van der Waals surface area contributed by atoms with Gasteiger partial charge < -0.3 is 10.6 Å². The molecule has 0 saturated heterocycles. The minimum absolute atomic E-state index is 0.343. The maximum atomic E-state index is 13.4. The molecule has 94 valence electrons. The van der Waals surface area contributed by atoms with Gasteiger partial charge in [-0.25, -0.2) is 8.78 Å². The van der Waals surface area contributed by atoms with Gasteiger partial charge in [0.25, 0.3) is 0 Å². The van der Waals surface area contributed by atoms with Gasteiger partial charge in [0.1, 0.15) is 11.6 Å². The lowest BCUT2D eigenvalue weighted by molar-refractivity contribution is 0.177. The van der Waals surface area contributed by atoms with E-state index in [-0.39, 0.29) is 0 Å². The molecule has 2 N–H and O–H groups in total. The van der Waals surface area contributed by atoms with Crippen molar-refractivity contribution in [1.29, 1.82) is 0 Å². The van der Waals surface area contributed by atoms with Crippen molar-refractivity contribution >= 4 is 0 Å². The van der Waals surface area contributed by atoms with Gasteiger partial charge in [0.2, 0.25) is 0 Å². The number of rotatable bonds is 4. The molecule has 1 saturated carbocycles. The summed E-state index contributed by atoms with van der Waals surface area (Å²) >= 11 is 0. The fourth-order valence-corrected chi connectivity index (χ4v) is 2.38. The highest BCUT2D eigenvalue weighted by Crippen LogP contribution is 2.26. The Bertz CT molecular complexity index is 389. The van der Waals surface area contributed by atoms with E-state index in [1.807, 2.05) is 7.05 Å². The molecule has 0 spiro atoms. The standard InChI is InChI=1S/C13H18F2N2/c1-17(7-9-4-12(16)5-9)8-10-2-3-11(14)6-13(10)15/h2-3,6,9,12H,4-5,7-8,16H2,1H3. The third-order valence-corrected chi connectivity index (χ3v) is 3.30. The van der Waals surface area contributed by atoms with Crippen LogP contribution >= 0.6 is 0 Å². The third kappa shape index (κ3) is 3.23. The third-order valence-electron chi connectivity index (χ3n) is 3.30. The van der Waals surface area contributed by atoms with E-state index in [4.69, 9.17) is 5.73 Å². The summed E-state index contributed by atoms with van der Waals surface area (Å²) in [4.78, 5) is 2.06. The van der Waals surface area contributed by atoms with Crippen LogP contribution in [0.5, 0.6) is 0 Å². The van der Waals surface area contributed by atoms with Gasteiger partial charge in [0.05, 0.1) is 0 Å². The summed E-state index contributed by atoms with van der Waals surface area (Å²) in [5.74, 6) is -0.375. The molecule has 2 nitrogen and oxygen atoms in total. The van der Waals surface area contributed by atoms with Gasteiger partial charge in [-0.05, 0) is 31.9 Å². The molecule has 0 bridgehead atoms. The van der Waals surface area contributed by atoms with Crippen molar-refractivity contribution in [2.75, 3.05) is 13.6 Å². The largest absolute Gasteiger partial charge is 0.328 e. The maximum Gasteiger partial charge on any atom is 0.130 e. The molecule has 0 aromatic heterocycles. The number of hydrogen-bond donors (Lipinski definition) is 1. The number of benzene rings is 1. The highest BCUT2D eigenvalue weighted by atomic mass is 19.1. The van der Waals surface area contributed by atoms with Gasteiger partial charge in [-0.1, -0.05) is 6.07 Å². The molecule has 1 fully saturated rings. The molecule has 0 unspecified atom stereocenters. The Hall–Kier alpha value is -1.00. The van der Waals surface area contributed by atoms with E-state index in [1.165, 1.54) is 12.1 Å². The molecule has 1 aromatic carbocycles. The minimum Gasteiger partial charge on any atom is -0.328 e. The lowest BCUT2D eigenvalue weighted by Crippen LogP contribution is -2.41. The molecule has 0 atom stereocenters. The summed E-state index contributed by atoms with van der Waals surface area (Å²) in [6.07, 6.45) is 2.10. The second-order valence-corrected chi connectivity index (χ2v) is 5.03. The quantitative estimate of drug-likeness (QED) is 0.873. The first-order chi connectivity index (χ1) is 8.04. The Balaban J connectivity index is 1.87. The molecule has 1 aliphatic carbocycles. The average Bonchev–Trinajstić information content (AvgIpc) is 2.20. The van der Waals surface area contributed by atoms with Crippen LogP contribution in [0.25, 0.3) is 0 Å². The van der Waals surface area contributed by atoms with Crippen LogP contribution in [0.15, 0.2) is 18.2 Å². The number of nitrogens with zero attached hydrogens (tertiary/aromatic N) is 1. The van der Waals surface area contributed by atoms with Crippen molar-refractivity contribution < 1.29 is 8.78 Å². The highest BCUT2D eigenvalue weighted by Gasteiger charge is 2.26. The van der Waals surface area contributed by atoms with E-state index < -0.39 is 11.6 Å². The second-order valence-electron chi connectivity index (χ2n) is 5.03. The molecule has 0 amide bonds. The minimum atomic E-state index is -0.529. The molecule has 0 heterocycles. The summed E-state index contributed by atoms with van der Waals surface area (Å²) in [5.41, 5.74) is 6.26. The number of nitrogens with two attached hydrogens (primary N) is 1. The molecule has 17 heavy (non-hydrogen) atoms. The Labute approximate surface area is 100 Å². The van der Waals surface area contributed by atoms with Gasteiger partial charge in [-0.3, -0.25) is 0 Å². The van der Waals surface area contributed by atoms with E-state index in [9.17, 15) is 8.78 Å². The van der Waals surface area contributed by atoms with Gasteiger partial charge in [0, 0.05) is 30.8 Å². The Morgan fingerprint density at radius 2 is 2.06 bits per heavy atom. The second kappa shape index (κ2) is 5.10. The highest BCUT2D eigenvalue weighted by molar-refractivity contribution is 5.18. The molecule has 0 aliphatic heterocycles. The number of hydrogen-bond acceptors (Lipinski definition) is 2. The van der Waals surface area contributed by atoms with Crippen molar-refractivity contribution in [3.63, 3.8) is 0 Å². The van der Waals surface area contributed by atoms with Gasteiger partial charge in [0.15, 0.2) is 0 Å². The van der Waals surface area contributed by atoms with Crippen LogP contribution in [-0.4, -0.2) is 24.5 Å². The smallest absolute Gasteiger partial charge is 0.130 e. The van der Waals surface area contributed by atoms with E-state index in [0.717, 1.165) is 25.5 Å². The first-order valence-corrected chi connectivity index (χ1v) is 5.92. The Morgan fingerprint density at radius 3 is 2.65 bits per heavy atom. The normalized spacial score (nSPS) is 23.8.